The molecule has 0 bridgehead atoms. The van der Waals surface area contributed by atoms with Crippen LogP contribution in [0.2, 0.25) is 0 Å². The van der Waals surface area contributed by atoms with Crippen LogP contribution in [-0.4, -0.2) is 92.1 Å². The molecule has 2 aromatic carbocycles. The minimum absolute atomic E-state index is 0.0516. The van der Waals surface area contributed by atoms with Crippen LogP contribution in [0.25, 0.3) is 11.3 Å². The number of rotatable bonds is 14. The lowest BCUT2D eigenvalue weighted by Crippen LogP contribution is -2.59. The molecule has 2 aliphatic heterocycles. The Hall–Kier alpha value is -3.92. The number of aliphatic hydroxyl groups excluding tert-OH is 1. The van der Waals surface area contributed by atoms with Gasteiger partial charge in [0.05, 0.1) is 43.2 Å². The van der Waals surface area contributed by atoms with Gasteiger partial charge in [-0.05, 0) is 41.5 Å². The number of ether oxygens (including phenoxy) is 3. The summed E-state index contributed by atoms with van der Waals surface area (Å²) in [5.74, 6) is -0.647. The number of nitrogens with one attached hydrogen (secondary N) is 3. The van der Waals surface area contributed by atoms with Gasteiger partial charge in [0.25, 0.3) is 5.91 Å². The van der Waals surface area contributed by atoms with Gasteiger partial charge in [0.2, 0.25) is 10.0 Å². The number of hydrogen-bond acceptors (Lipinski definition) is 10. The van der Waals surface area contributed by atoms with Gasteiger partial charge >= 0.3 is 6.09 Å². The van der Waals surface area contributed by atoms with Gasteiger partial charge in [-0.2, -0.15) is 0 Å². The monoisotopic (exact) mass is 709 g/mol. The molecule has 6 atom stereocenters. The van der Waals surface area contributed by atoms with Gasteiger partial charge in [-0.1, -0.05) is 81.4 Å². The maximum Gasteiger partial charge on any atom is 0.407 e. The molecule has 5 rings (SSSR count). The fourth-order valence-corrected chi connectivity index (χ4v) is 7.01. The Morgan fingerprint density at radius 1 is 1.02 bits per heavy atom. The van der Waals surface area contributed by atoms with Crippen molar-refractivity contribution in [1.82, 2.24) is 25.5 Å². The van der Waals surface area contributed by atoms with Crippen LogP contribution in [-0.2, 0) is 42.0 Å². The fraction of sp³-hybridized carbons (Fsp3) is 0.472. The number of hydrazine groups is 1. The molecule has 3 aromatic rings. The van der Waals surface area contributed by atoms with Crippen LogP contribution in [0.4, 0.5) is 4.79 Å². The molecule has 14 heteroatoms. The number of pyridine rings is 1. The highest BCUT2D eigenvalue weighted by Crippen LogP contribution is 2.33. The van der Waals surface area contributed by atoms with E-state index in [0.717, 1.165) is 35.1 Å². The summed E-state index contributed by atoms with van der Waals surface area (Å²) in [4.78, 5) is 31.4. The van der Waals surface area contributed by atoms with Crippen LogP contribution in [0.15, 0.2) is 79.0 Å². The second kappa shape index (κ2) is 16.4. The Morgan fingerprint density at radius 3 is 2.40 bits per heavy atom. The van der Waals surface area contributed by atoms with E-state index >= 15 is 0 Å². The lowest BCUT2D eigenvalue weighted by atomic mass is 9.87. The van der Waals surface area contributed by atoms with E-state index in [4.69, 9.17) is 14.2 Å². The quantitative estimate of drug-likeness (QED) is 0.183. The van der Waals surface area contributed by atoms with Crippen molar-refractivity contribution in [1.29, 1.82) is 0 Å². The Labute approximate surface area is 293 Å². The van der Waals surface area contributed by atoms with Crippen molar-refractivity contribution in [3.8, 4) is 11.3 Å². The Bertz CT molecular complexity index is 1670. The first-order valence-corrected chi connectivity index (χ1v) is 18.6. The normalized spacial score (nSPS) is 20.9. The summed E-state index contributed by atoms with van der Waals surface area (Å²) in [6.07, 6.45) is 0.955. The van der Waals surface area contributed by atoms with Gasteiger partial charge in [0.15, 0.2) is 6.29 Å². The number of aromatic nitrogens is 1. The molecular weight excluding hydrogens is 662 g/mol. The number of alkyl carbamates (subject to hydrolysis) is 1. The van der Waals surface area contributed by atoms with Crippen molar-refractivity contribution in [2.75, 3.05) is 26.0 Å². The number of amides is 2. The summed E-state index contributed by atoms with van der Waals surface area (Å²) >= 11 is 0. The van der Waals surface area contributed by atoms with Crippen molar-refractivity contribution in [3.05, 3.63) is 90.1 Å². The lowest BCUT2D eigenvalue weighted by Gasteiger charge is -2.34. The molecule has 0 radical (unpaired) electrons. The van der Waals surface area contributed by atoms with E-state index in [0.29, 0.717) is 6.61 Å². The molecule has 0 spiro atoms. The second-order valence-electron chi connectivity index (χ2n) is 13.9. The molecule has 4 N–H and O–H groups in total. The highest BCUT2D eigenvalue weighted by atomic mass is 32.2. The first kappa shape index (κ1) is 37.3. The summed E-state index contributed by atoms with van der Waals surface area (Å²) in [7, 11) is -3.74. The van der Waals surface area contributed by atoms with Gasteiger partial charge in [0.1, 0.15) is 12.1 Å². The van der Waals surface area contributed by atoms with Gasteiger partial charge < -0.3 is 24.6 Å². The predicted molar refractivity (Wildman–Crippen MR) is 187 cm³/mol. The SMILES string of the molecule is CC(C)(C)C(NS(C)(=O)=O)C(=O)NN(Cc1ccc(-c2ccccn2)cc1)CC(O)C(Cc1ccccc1)NC(=O)OC1COC2OCCC12. The number of nitrogens with zero attached hydrogens (tertiary/aromatic N) is 2. The highest BCUT2D eigenvalue weighted by Gasteiger charge is 2.44. The Balaban J connectivity index is 1.36. The molecule has 13 nitrogen and oxygen atoms in total. The standard InChI is InChI=1S/C36H47N5O8S/c1-36(2,3)32(40-50(4,45)46)33(43)39-41(21-25-13-15-26(16-14-25)28-12-8-9-18-37-28)22-30(42)29(20-24-10-6-5-7-11-24)38-35(44)49-31-23-48-34-27(31)17-19-47-34/h5-16,18,27,29-32,34,40,42H,17,19-23H2,1-4H3,(H,38,44)(H,39,43). The number of sulfonamides is 1. The molecule has 2 amide bonds. The van der Waals surface area contributed by atoms with E-state index in [2.05, 4.69) is 20.4 Å². The molecule has 0 aliphatic carbocycles. The number of carbonyl (C=O) groups excluding carboxylic acids is 2. The van der Waals surface area contributed by atoms with E-state index in [1.54, 1.807) is 27.0 Å². The topological polar surface area (TPSA) is 168 Å². The van der Waals surface area contributed by atoms with E-state index in [9.17, 15) is 23.1 Å². The van der Waals surface area contributed by atoms with E-state index in [1.165, 1.54) is 5.01 Å². The zero-order valence-corrected chi connectivity index (χ0v) is 29.6. The van der Waals surface area contributed by atoms with Crippen molar-refractivity contribution in [2.24, 2.45) is 11.3 Å². The molecule has 2 saturated heterocycles. The zero-order valence-electron chi connectivity index (χ0n) is 28.8. The molecule has 1 aromatic heterocycles. The Morgan fingerprint density at radius 2 is 1.74 bits per heavy atom. The molecule has 0 saturated carbocycles. The lowest BCUT2D eigenvalue weighted by molar-refractivity contribution is -0.131. The molecule has 50 heavy (non-hydrogen) atoms. The van der Waals surface area contributed by atoms with Crippen molar-refractivity contribution in [2.45, 2.75) is 70.7 Å². The van der Waals surface area contributed by atoms with E-state index < -0.39 is 51.7 Å². The number of carbonyl (C=O) groups is 2. The third-order valence-electron chi connectivity index (χ3n) is 8.73. The number of aliphatic hydroxyl groups is 1. The van der Waals surface area contributed by atoms with Crippen LogP contribution in [0.3, 0.4) is 0 Å². The summed E-state index contributed by atoms with van der Waals surface area (Å²) in [5, 5.41) is 16.1. The molecule has 6 unspecified atom stereocenters. The molecule has 2 aliphatic rings. The van der Waals surface area contributed by atoms with Gasteiger partial charge in [-0.3, -0.25) is 15.2 Å². The average molecular weight is 710 g/mol. The van der Waals surface area contributed by atoms with Crippen LogP contribution in [0.1, 0.15) is 38.3 Å². The highest BCUT2D eigenvalue weighted by molar-refractivity contribution is 7.88. The number of fused-ring (bicyclic) bond motifs is 1. The molecule has 3 heterocycles. The van der Waals surface area contributed by atoms with Crippen LogP contribution < -0.4 is 15.5 Å². The summed E-state index contributed by atoms with van der Waals surface area (Å²) in [5.41, 5.74) is 5.46. The minimum Gasteiger partial charge on any atom is -0.443 e. The summed E-state index contributed by atoms with van der Waals surface area (Å²) in [6, 6.07) is 20.8. The average Bonchev–Trinajstić information content (AvgIpc) is 3.69. The van der Waals surface area contributed by atoms with Gasteiger partial charge in [0, 0.05) is 24.8 Å². The van der Waals surface area contributed by atoms with Crippen molar-refractivity contribution >= 4 is 22.0 Å². The zero-order chi connectivity index (χ0) is 35.9. The Kier molecular flexibility index (Phi) is 12.2. The van der Waals surface area contributed by atoms with Gasteiger partial charge in [-0.15, -0.1) is 0 Å². The van der Waals surface area contributed by atoms with Crippen LogP contribution in [0, 0.1) is 11.3 Å². The second-order valence-corrected chi connectivity index (χ2v) is 15.7. The minimum atomic E-state index is -3.74. The van der Waals surface area contributed by atoms with Crippen LogP contribution in [0.5, 0.6) is 0 Å². The predicted octanol–water partition coefficient (Wildman–Crippen LogP) is 3.01. The smallest absolute Gasteiger partial charge is 0.407 e. The summed E-state index contributed by atoms with van der Waals surface area (Å²) in [6.45, 7) is 6.07. The number of hydrogen-bond donors (Lipinski definition) is 4. The molecular formula is C36H47N5O8S. The van der Waals surface area contributed by atoms with Crippen molar-refractivity contribution in [3.63, 3.8) is 0 Å². The third-order valence-corrected chi connectivity index (χ3v) is 9.40. The fourth-order valence-electron chi connectivity index (χ4n) is 6.12. The first-order chi connectivity index (χ1) is 23.7. The van der Waals surface area contributed by atoms with Crippen LogP contribution >= 0.6 is 0 Å². The van der Waals surface area contributed by atoms with E-state index in [-0.39, 0.29) is 38.3 Å². The van der Waals surface area contributed by atoms with Gasteiger partial charge in [-0.25, -0.2) is 22.9 Å². The molecule has 2 fully saturated rings. The van der Waals surface area contributed by atoms with Crippen molar-refractivity contribution < 1.29 is 37.3 Å². The third kappa shape index (κ3) is 10.5. The molecule has 270 valence electrons. The largest absolute Gasteiger partial charge is 0.443 e. The number of benzene rings is 2. The maximum atomic E-state index is 13.7. The summed E-state index contributed by atoms with van der Waals surface area (Å²) < 4.78 is 43.8. The van der Waals surface area contributed by atoms with E-state index in [1.807, 2.05) is 72.8 Å². The first-order valence-electron chi connectivity index (χ1n) is 16.7. The maximum absolute atomic E-state index is 13.7.